The number of likely N-dealkylation sites (tertiary alicyclic amines) is 1. The third-order valence-electron chi connectivity index (χ3n) is 6.39. The molecule has 3 heterocycles. The van der Waals surface area contributed by atoms with Crippen molar-refractivity contribution in [3.05, 3.63) is 46.7 Å². The Bertz CT molecular complexity index is 1110. The molecule has 166 valence electrons. The van der Waals surface area contributed by atoms with Gasteiger partial charge in [-0.2, -0.15) is 11.3 Å². The predicted molar refractivity (Wildman–Crippen MR) is 125 cm³/mol. The topological polar surface area (TPSA) is 84.4 Å². The third-order valence-corrected chi connectivity index (χ3v) is 7.96. The van der Waals surface area contributed by atoms with Gasteiger partial charge in [0.1, 0.15) is 16.8 Å². The Morgan fingerprint density at radius 1 is 1.16 bits per heavy atom. The monoisotopic (exact) mass is 468 g/mol. The van der Waals surface area contributed by atoms with E-state index in [4.69, 9.17) is 4.74 Å². The molecular weight excluding hydrogens is 444 g/mol. The summed E-state index contributed by atoms with van der Waals surface area (Å²) in [4.78, 5) is 28.8. The number of fused-ring (bicyclic) bond motifs is 1. The fourth-order valence-corrected chi connectivity index (χ4v) is 6.37. The number of hydrogen-bond donors (Lipinski definition) is 1. The maximum Gasteiger partial charge on any atom is 0.258 e. The molecule has 3 aromatic rings. The van der Waals surface area contributed by atoms with Gasteiger partial charge in [0.2, 0.25) is 11.0 Å². The van der Waals surface area contributed by atoms with E-state index in [0.717, 1.165) is 36.3 Å². The van der Waals surface area contributed by atoms with Gasteiger partial charge in [-0.05, 0) is 48.8 Å². The molecule has 2 aliphatic rings. The zero-order valence-corrected chi connectivity index (χ0v) is 19.3. The minimum absolute atomic E-state index is 0.0766. The number of carbonyl (C=O) groups excluding carboxylic acids is 2. The fraction of sp³-hybridized carbons (Fsp3) is 0.391. The van der Waals surface area contributed by atoms with E-state index >= 15 is 0 Å². The number of rotatable bonds is 5. The van der Waals surface area contributed by atoms with Crippen molar-refractivity contribution in [2.45, 2.75) is 44.2 Å². The number of nitrogens with one attached hydrogen (secondary N) is 1. The first kappa shape index (κ1) is 21.1. The summed E-state index contributed by atoms with van der Waals surface area (Å²) in [5.74, 6) is 0.526. The predicted octanol–water partition coefficient (Wildman–Crippen LogP) is 4.69. The van der Waals surface area contributed by atoms with E-state index in [1.165, 1.54) is 11.3 Å². The van der Waals surface area contributed by atoms with Crippen molar-refractivity contribution in [1.29, 1.82) is 0 Å². The largest absolute Gasteiger partial charge is 0.496 e. The van der Waals surface area contributed by atoms with E-state index < -0.39 is 6.04 Å². The highest BCUT2D eigenvalue weighted by Gasteiger charge is 2.48. The Morgan fingerprint density at radius 3 is 2.81 bits per heavy atom. The highest BCUT2D eigenvalue weighted by molar-refractivity contribution is 7.19. The number of ether oxygens (including phenoxy) is 1. The second-order valence-electron chi connectivity index (χ2n) is 8.19. The summed E-state index contributed by atoms with van der Waals surface area (Å²) in [5, 5.41) is 16.5. The maximum atomic E-state index is 13.7. The number of benzene rings is 1. The molecule has 1 aliphatic carbocycles. The quantitative estimate of drug-likeness (QED) is 0.587. The van der Waals surface area contributed by atoms with E-state index in [9.17, 15) is 9.59 Å². The Labute approximate surface area is 194 Å². The van der Waals surface area contributed by atoms with Gasteiger partial charge in [0.15, 0.2) is 0 Å². The average Bonchev–Trinajstić information content (AvgIpc) is 3.57. The van der Waals surface area contributed by atoms with Crippen LogP contribution in [0.15, 0.2) is 41.1 Å². The van der Waals surface area contributed by atoms with Crippen molar-refractivity contribution in [3.63, 3.8) is 0 Å². The van der Waals surface area contributed by atoms with Crippen LogP contribution in [0, 0.1) is 5.92 Å². The number of carbonyl (C=O) groups is 2. The van der Waals surface area contributed by atoms with Gasteiger partial charge in [0, 0.05) is 17.0 Å². The molecule has 1 aliphatic heterocycles. The number of nitrogens with zero attached hydrogens (tertiary/aromatic N) is 3. The van der Waals surface area contributed by atoms with Crippen LogP contribution in [0.25, 0.3) is 10.6 Å². The molecule has 0 radical (unpaired) electrons. The lowest BCUT2D eigenvalue weighted by molar-refractivity contribution is -0.120. The molecular formula is C23H24N4O3S2. The summed E-state index contributed by atoms with van der Waals surface area (Å²) < 4.78 is 5.43. The molecule has 2 fully saturated rings. The second kappa shape index (κ2) is 8.99. The highest BCUT2D eigenvalue weighted by atomic mass is 32.1. The third kappa shape index (κ3) is 3.91. The molecule has 1 N–H and O–H groups in total. The van der Waals surface area contributed by atoms with Crippen molar-refractivity contribution in [2.75, 3.05) is 12.4 Å². The Morgan fingerprint density at radius 2 is 2.00 bits per heavy atom. The number of aromatic nitrogens is 2. The second-order valence-corrected chi connectivity index (χ2v) is 9.95. The molecule has 7 nitrogen and oxygen atoms in total. The molecule has 1 saturated carbocycles. The maximum absolute atomic E-state index is 13.7. The summed E-state index contributed by atoms with van der Waals surface area (Å²) in [6.45, 7) is 0. The lowest BCUT2D eigenvalue weighted by atomic mass is 9.84. The molecule has 3 unspecified atom stereocenters. The molecule has 5 rings (SSSR count). The van der Waals surface area contributed by atoms with Crippen molar-refractivity contribution in [3.8, 4) is 16.3 Å². The summed E-state index contributed by atoms with van der Waals surface area (Å²) in [6, 6.07) is 8.74. The van der Waals surface area contributed by atoms with E-state index in [0.29, 0.717) is 28.8 Å². The molecule has 9 heteroatoms. The number of anilines is 1. The summed E-state index contributed by atoms with van der Waals surface area (Å²) in [5.41, 5.74) is 1.49. The lowest BCUT2D eigenvalue weighted by Gasteiger charge is -2.33. The van der Waals surface area contributed by atoms with Crippen LogP contribution >= 0.6 is 22.7 Å². The lowest BCUT2D eigenvalue weighted by Crippen LogP contribution is -2.48. The number of methoxy groups -OCH3 is 1. The zero-order valence-electron chi connectivity index (χ0n) is 17.7. The summed E-state index contributed by atoms with van der Waals surface area (Å²) in [6.07, 6.45) is 4.87. The van der Waals surface area contributed by atoms with Gasteiger partial charge in [0.05, 0.1) is 12.7 Å². The van der Waals surface area contributed by atoms with Crippen LogP contribution in [-0.4, -0.2) is 46.1 Å². The van der Waals surface area contributed by atoms with Gasteiger partial charge < -0.3 is 9.64 Å². The van der Waals surface area contributed by atoms with Crippen LogP contribution in [0.1, 0.15) is 42.5 Å². The first-order valence-electron chi connectivity index (χ1n) is 10.8. The fourth-order valence-electron chi connectivity index (χ4n) is 4.91. The van der Waals surface area contributed by atoms with Crippen LogP contribution in [0.3, 0.4) is 0 Å². The minimum Gasteiger partial charge on any atom is -0.496 e. The van der Waals surface area contributed by atoms with Gasteiger partial charge in [-0.3, -0.25) is 14.9 Å². The van der Waals surface area contributed by atoms with Crippen molar-refractivity contribution >= 4 is 39.6 Å². The van der Waals surface area contributed by atoms with Crippen LogP contribution < -0.4 is 10.1 Å². The zero-order chi connectivity index (χ0) is 22.1. The van der Waals surface area contributed by atoms with E-state index in [1.54, 1.807) is 35.5 Å². The average molecular weight is 469 g/mol. The molecule has 1 saturated heterocycles. The van der Waals surface area contributed by atoms with Crippen LogP contribution in [-0.2, 0) is 4.79 Å². The standard InChI is InChI=1S/C23H24N4O3S2/c1-30-19-9-5-3-7-16(19)22(29)27-17-8-4-2-6-14(17)12-18(27)20(28)24-23-26-25-21(32-23)15-10-11-31-13-15/h3,5,7,9-11,13-14,17-18H,2,4,6,8,12H2,1H3,(H,24,26,28). The molecule has 0 bridgehead atoms. The summed E-state index contributed by atoms with van der Waals surface area (Å²) in [7, 11) is 1.56. The Balaban J connectivity index is 1.40. The van der Waals surface area contributed by atoms with Gasteiger partial charge in [-0.25, -0.2) is 0 Å². The van der Waals surface area contributed by atoms with E-state index in [2.05, 4.69) is 15.5 Å². The molecule has 2 aromatic heterocycles. The highest BCUT2D eigenvalue weighted by Crippen LogP contribution is 2.41. The first-order valence-corrected chi connectivity index (χ1v) is 12.5. The smallest absolute Gasteiger partial charge is 0.258 e. The van der Waals surface area contributed by atoms with Crippen LogP contribution in [0.4, 0.5) is 5.13 Å². The minimum atomic E-state index is -0.533. The van der Waals surface area contributed by atoms with Gasteiger partial charge >= 0.3 is 0 Å². The number of hydrogen-bond acceptors (Lipinski definition) is 7. The SMILES string of the molecule is COc1ccccc1C(=O)N1C(C(=O)Nc2nnc(-c3ccsc3)s2)CC2CCCCC21. The van der Waals surface area contributed by atoms with Crippen molar-refractivity contribution < 1.29 is 14.3 Å². The van der Waals surface area contributed by atoms with Gasteiger partial charge in [0.25, 0.3) is 5.91 Å². The molecule has 0 spiro atoms. The van der Waals surface area contributed by atoms with E-state index in [-0.39, 0.29) is 17.9 Å². The van der Waals surface area contributed by atoms with E-state index in [1.807, 2.05) is 29.0 Å². The van der Waals surface area contributed by atoms with Gasteiger partial charge in [-0.15, -0.1) is 10.2 Å². The van der Waals surface area contributed by atoms with Crippen LogP contribution in [0.2, 0.25) is 0 Å². The molecule has 1 aromatic carbocycles. The molecule has 2 amide bonds. The summed E-state index contributed by atoms with van der Waals surface area (Å²) >= 11 is 2.94. The number of amides is 2. The Kier molecular flexibility index (Phi) is 5.93. The number of para-hydroxylation sites is 1. The Hall–Kier alpha value is -2.78. The molecule has 3 atom stereocenters. The van der Waals surface area contributed by atoms with Crippen molar-refractivity contribution in [2.24, 2.45) is 5.92 Å². The normalized spacial score (nSPS) is 22.4. The van der Waals surface area contributed by atoms with Crippen LogP contribution in [0.5, 0.6) is 5.75 Å². The molecule has 32 heavy (non-hydrogen) atoms. The number of thiophene rings is 1. The van der Waals surface area contributed by atoms with Gasteiger partial charge in [-0.1, -0.05) is 36.3 Å². The first-order chi connectivity index (χ1) is 15.7. The van der Waals surface area contributed by atoms with Crippen molar-refractivity contribution in [1.82, 2.24) is 15.1 Å².